The molecular weight excluding hydrogens is 1650 g/mol. The van der Waals surface area contributed by atoms with E-state index in [-0.39, 0.29) is 55.7 Å². The second-order valence-electron chi connectivity index (χ2n) is 22.2. The van der Waals surface area contributed by atoms with Crippen LogP contribution in [-0.2, 0) is 114 Å². The lowest BCUT2D eigenvalue weighted by atomic mass is 10.1. The molecule has 125 heavy (non-hydrogen) atoms. The summed E-state index contributed by atoms with van der Waals surface area (Å²) < 4.78 is 122. The van der Waals surface area contributed by atoms with Crippen molar-refractivity contribution in [1.29, 1.82) is 0 Å². The minimum atomic E-state index is -0.827. The van der Waals surface area contributed by atoms with Gasteiger partial charge in [-0.25, -0.2) is 57.5 Å². The topological polar surface area (TPSA) is 436 Å². The van der Waals surface area contributed by atoms with Gasteiger partial charge in [0.15, 0.2) is 34.5 Å². The molecule has 0 bridgehead atoms. The molecule has 0 spiro atoms. The Labute approximate surface area is 725 Å². The van der Waals surface area contributed by atoms with E-state index in [0.717, 1.165) is 0 Å². The summed E-state index contributed by atoms with van der Waals surface area (Å²) in [4.78, 5) is 139. The number of benzene rings is 6. The first-order chi connectivity index (χ1) is 58.4. The fourth-order valence-corrected chi connectivity index (χ4v) is 9.48. The molecule has 0 aliphatic rings. The van der Waals surface area contributed by atoms with Gasteiger partial charge in [0.25, 0.3) is 0 Å². The van der Waals surface area contributed by atoms with E-state index in [1.165, 1.54) is 214 Å². The van der Waals surface area contributed by atoms with Gasteiger partial charge >= 0.3 is 71.6 Å². The van der Waals surface area contributed by atoms with Gasteiger partial charge in [-0.05, 0) is 108 Å². The molecule has 37 nitrogen and oxygen atoms in total. The van der Waals surface area contributed by atoms with Crippen molar-refractivity contribution in [3.8, 4) is 74.7 Å². The first-order valence-electron chi connectivity index (χ1n) is 34.6. The van der Waals surface area contributed by atoms with Crippen molar-refractivity contribution in [2.45, 2.75) is 22.3 Å². The maximum atomic E-state index is 11.7. The number of hydrogen-bond donors (Lipinski definition) is 0. The summed E-state index contributed by atoms with van der Waals surface area (Å²) in [5.74, 6) is -3.45. The predicted molar refractivity (Wildman–Crippen MR) is 456 cm³/mol. The fraction of sp³-hybridized carbons (Fsp3) is 0.318. The highest BCUT2D eigenvalue weighted by molar-refractivity contribution is 6.21. The number of carbonyl (C=O) groups excluding carboxylic acids is 12. The van der Waals surface area contributed by atoms with E-state index < -0.39 is 71.6 Å². The highest BCUT2D eigenvalue weighted by Gasteiger charge is 2.27. The second kappa shape index (κ2) is 61.1. The Morgan fingerprint density at radius 1 is 0.192 bits per heavy atom. The Kier molecular flexibility index (Phi) is 55.7. The van der Waals surface area contributed by atoms with E-state index >= 15 is 0 Å². The largest absolute Gasteiger partial charge is 0.497 e. The van der Waals surface area contributed by atoms with Crippen LogP contribution in [0.4, 0.5) is 0 Å². The Hall–Kier alpha value is -15.2. The van der Waals surface area contributed by atoms with E-state index in [1.54, 1.807) is 103 Å². The van der Waals surface area contributed by atoms with E-state index in [4.69, 9.17) is 61.6 Å². The van der Waals surface area contributed by atoms with Crippen LogP contribution in [0.2, 0.25) is 0 Å². The smallest absolute Gasteiger partial charge is 0.345 e. The van der Waals surface area contributed by atoms with Gasteiger partial charge < -0.3 is 118 Å². The first kappa shape index (κ1) is 114. The molecule has 0 aromatic heterocycles. The van der Waals surface area contributed by atoms with Crippen molar-refractivity contribution < 1.29 is 176 Å². The van der Waals surface area contributed by atoms with Gasteiger partial charge in [-0.1, -0.05) is 52.6 Å². The predicted octanol–water partition coefficient (Wildman–Crippen LogP) is 10.5. The van der Waals surface area contributed by atoms with Crippen molar-refractivity contribution in [3.05, 3.63) is 170 Å². The lowest BCUT2D eigenvalue weighted by molar-refractivity contribution is -0.145. The third-order valence-electron chi connectivity index (χ3n) is 15.5. The summed E-state index contributed by atoms with van der Waals surface area (Å²) in [5, 5.41) is 0. The summed E-state index contributed by atoms with van der Waals surface area (Å²) in [7, 11) is 33.5. The molecule has 0 heterocycles. The monoisotopic (exact) mass is 1760 g/mol. The number of para-hydroxylation sites is 1. The second-order valence-corrected chi connectivity index (χ2v) is 22.2. The van der Waals surface area contributed by atoms with Crippen LogP contribution in [0.3, 0.4) is 0 Å². The molecule has 37 heteroatoms. The summed E-state index contributed by atoms with van der Waals surface area (Å²) >= 11 is 0. The molecule has 0 N–H and O–H groups in total. The number of esters is 12. The Bertz CT molecular complexity index is 4630. The van der Waals surface area contributed by atoms with Gasteiger partial charge in [0.2, 0.25) is 5.75 Å². The highest BCUT2D eigenvalue weighted by atomic mass is 16.6. The van der Waals surface area contributed by atoms with Crippen molar-refractivity contribution >= 4 is 108 Å². The molecule has 0 atom stereocenters. The van der Waals surface area contributed by atoms with Crippen LogP contribution in [0.1, 0.15) is 55.7 Å². The van der Waals surface area contributed by atoms with Crippen LogP contribution in [0.5, 0.6) is 74.7 Å². The summed E-state index contributed by atoms with van der Waals surface area (Å²) in [6, 6.07) is 28.3. The zero-order valence-corrected chi connectivity index (χ0v) is 71.9. The molecule has 0 aliphatic heterocycles. The van der Waals surface area contributed by atoms with Crippen LogP contribution in [-0.4, -0.2) is 249 Å². The van der Waals surface area contributed by atoms with Crippen molar-refractivity contribution in [1.82, 2.24) is 0 Å². The van der Waals surface area contributed by atoms with Crippen molar-refractivity contribution in [2.24, 2.45) is 0 Å². The third-order valence-corrected chi connectivity index (χ3v) is 15.5. The minimum Gasteiger partial charge on any atom is -0.497 e. The molecule has 0 saturated heterocycles. The van der Waals surface area contributed by atoms with Gasteiger partial charge in [-0.15, -0.1) is 0 Å². The molecule has 0 saturated carbocycles. The quantitative estimate of drug-likeness (QED) is 0.0128. The normalized spacial score (nSPS) is 9.19. The average molecular weight is 1760 g/mol. The van der Waals surface area contributed by atoms with Crippen LogP contribution in [0.15, 0.2) is 137 Å². The van der Waals surface area contributed by atoms with Crippen LogP contribution in [0.25, 0.3) is 36.5 Å². The minimum absolute atomic E-state index is 0. The van der Waals surface area contributed by atoms with E-state index in [2.05, 4.69) is 56.8 Å². The standard InChI is InChI=1S/2C15H18O7.3C14H16O6.C13H14O5.3CH4/c1-18-9-6-12(19-2)10(13(7-9)20-3)8-11(14(16)21-4)15(17)22-5;1-18-11-7-9(8-12(19-2)13(11)20-3)6-10(14(16)21-4)15(17)22-5;1-17-10-6-5-9(12(8-10)18-2)7-11(13(15)19-3)14(16)20-4;1-17-11-6-5-9(8-12(11)18-2)7-10(13(15)19-3)14(16)20-4;1-17-11-7-5-6-9(12(11)18-2)8-10(13(15)19-3)14(16)20-4;1-16-10-6-4-5-9(7-10)8-11(12(14)17-2)13(15)18-3;;;/h2*6-8H,1-5H3;3*5-8H,1-4H3;4-8H,1-3H3;3*1H4. The molecular formula is C88H110O37. The molecule has 6 aromatic carbocycles. The van der Waals surface area contributed by atoms with Gasteiger partial charge in [-0.3, -0.25) is 0 Å². The van der Waals surface area contributed by atoms with Gasteiger partial charge in [0.1, 0.15) is 67.9 Å². The molecule has 0 fully saturated rings. The molecule has 6 rings (SSSR count). The van der Waals surface area contributed by atoms with E-state index in [1.807, 2.05) is 0 Å². The number of hydrogen-bond acceptors (Lipinski definition) is 37. The number of rotatable bonds is 31. The van der Waals surface area contributed by atoms with E-state index in [9.17, 15) is 57.5 Å². The SMILES string of the molecule is C.C.C.COC(=O)C(=Cc1c(OC)cc(OC)cc1OC)C(=O)OC.COC(=O)C(=Cc1cc(OC)c(OC)c(OC)c1)C(=O)OC.COC(=O)C(=Cc1ccc(OC)c(OC)c1)C(=O)OC.COC(=O)C(=Cc1ccc(OC)cc1OC)C(=O)OC.COC(=O)C(=Cc1cccc(OC)c1)C(=O)OC.COC(=O)C(=Cc1cccc(OC)c1OC)C(=O)OC. The van der Waals surface area contributed by atoms with E-state index in [0.29, 0.717) is 108 Å². The molecule has 684 valence electrons. The van der Waals surface area contributed by atoms with Crippen LogP contribution >= 0.6 is 0 Å². The van der Waals surface area contributed by atoms with Gasteiger partial charge in [-0.2, -0.15) is 0 Å². The van der Waals surface area contributed by atoms with Gasteiger partial charge in [0.05, 0.1) is 183 Å². The maximum Gasteiger partial charge on any atom is 0.345 e. The number of ether oxygens (including phenoxy) is 25. The Morgan fingerprint density at radius 2 is 0.480 bits per heavy atom. The fourth-order valence-electron chi connectivity index (χ4n) is 9.48. The molecule has 0 amide bonds. The Morgan fingerprint density at radius 3 is 0.808 bits per heavy atom. The molecule has 0 unspecified atom stereocenters. The van der Waals surface area contributed by atoms with Gasteiger partial charge in [0, 0.05) is 29.3 Å². The molecule has 0 aliphatic carbocycles. The molecule has 6 aromatic rings. The summed E-state index contributed by atoms with van der Waals surface area (Å²) in [6.07, 6.45) is 8.03. The summed E-state index contributed by atoms with van der Waals surface area (Å²) in [5.41, 5.74) is 1.74. The maximum absolute atomic E-state index is 11.7. The van der Waals surface area contributed by atoms with Crippen LogP contribution in [0, 0.1) is 0 Å². The zero-order valence-electron chi connectivity index (χ0n) is 71.9. The lowest BCUT2D eigenvalue weighted by Gasteiger charge is -2.13. The number of carbonyl (C=O) groups is 12. The first-order valence-corrected chi connectivity index (χ1v) is 34.6. The Balaban J connectivity index is -0.00000142. The zero-order chi connectivity index (χ0) is 92.3. The third kappa shape index (κ3) is 34.8. The highest BCUT2D eigenvalue weighted by Crippen LogP contribution is 2.40. The number of methoxy groups -OCH3 is 25. The average Bonchev–Trinajstić information content (AvgIpc) is 0.820. The van der Waals surface area contributed by atoms with Crippen molar-refractivity contribution in [2.75, 3.05) is 178 Å². The molecule has 0 radical (unpaired) electrons. The van der Waals surface area contributed by atoms with Crippen molar-refractivity contribution in [3.63, 3.8) is 0 Å². The lowest BCUT2D eigenvalue weighted by Crippen LogP contribution is -2.15. The summed E-state index contributed by atoms with van der Waals surface area (Å²) in [6.45, 7) is 0. The van der Waals surface area contributed by atoms with Crippen LogP contribution < -0.4 is 61.6 Å².